The summed E-state index contributed by atoms with van der Waals surface area (Å²) in [6.45, 7) is 3.46. The molecule has 0 aliphatic heterocycles. The number of aliphatic carboxylic acids is 1. The first-order valence-electron chi connectivity index (χ1n) is 5.21. The molecule has 1 aliphatic rings. The van der Waals surface area contributed by atoms with E-state index in [1.165, 1.54) is 19.3 Å². The smallest absolute Gasteiger partial charge is 0.314 e. The molecule has 0 bridgehead atoms. The van der Waals surface area contributed by atoms with E-state index in [1.807, 2.05) is 0 Å². The van der Waals surface area contributed by atoms with Gasteiger partial charge in [-0.2, -0.15) is 0 Å². The highest BCUT2D eigenvalue weighted by molar-refractivity contribution is 7.12. The summed E-state index contributed by atoms with van der Waals surface area (Å²) >= 11 is 1.56. The Morgan fingerprint density at radius 2 is 2.27 bits per heavy atom. The average molecular weight is 225 g/mol. The van der Waals surface area contributed by atoms with E-state index in [4.69, 9.17) is 5.11 Å². The van der Waals surface area contributed by atoms with Gasteiger partial charge in [0.05, 0.1) is 10.4 Å². The summed E-state index contributed by atoms with van der Waals surface area (Å²) in [5, 5.41) is 10.2. The van der Waals surface area contributed by atoms with Crippen LogP contribution in [0.3, 0.4) is 0 Å². The first-order chi connectivity index (χ1) is 7.01. The summed E-state index contributed by atoms with van der Waals surface area (Å²) in [5.74, 6) is -0.195. The largest absolute Gasteiger partial charge is 0.481 e. The lowest BCUT2D eigenvalue weighted by Crippen LogP contribution is -2.27. The van der Waals surface area contributed by atoms with Crippen molar-refractivity contribution in [2.75, 3.05) is 0 Å². The van der Waals surface area contributed by atoms with Crippen molar-refractivity contribution in [3.05, 3.63) is 16.1 Å². The second-order valence-corrected chi connectivity index (χ2v) is 5.68. The Labute approximate surface area is 93.2 Å². The molecule has 1 saturated carbocycles. The third-order valence-electron chi connectivity index (χ3n) is 3.13. The van der Waals surface area contributed by atoms with Crippen LogP contribution in [0, 0.1) is 0 Å². The van der Waals surface area contributed by atoms with Crippen molar-refractivity contribution >= 4 is 17.3 Å². The zero-order valence-electron chi connectivity index (χ0n) is 8.99. The number of nitrogens with zero attached hydrogens (tertiary/aromatic N) is 1. The topological polar surface area (TPSA) is 50.2 Å². The van der Waals surface area contributed by atoms with Crippen LogP contribution >= 0.6 is 11.3 Å². The molecule has 0 spiro atoms. The first kappa shape index (κ1) is 10.6. The van der Waals surface area contributed by atoms with Gasteiger partial charge in [-0.3, -0.25) is 4.79 Å². The molecule has 2 rings (SSSR count). The third-order valence-corrected chi connectivity index (χ3v) is 4.61. The van der Waals surface area contributed by atoms with Crippen LogP contribution in [0.1, 0.15) is 48.9 Å². The minimum Gasteiger partial charge on any atom is -0.481 e. The van der Waals surface area contributed by atoms with Gasteiger partial charge in [-0.1, -0.05) is 6.42 Å². The second kappa shape index (κ2) is 3.59. The van der Waals surface area contributed by atoms with Crippen molar-refractivity contribution < 1.29 is 9.90 Å². The van der Waals surface area contributed by atoms with Crippen molar-refractivity contribution in [2.24, 2.45) is 0 Å². The molecule has 15 heavy (non-hydrogen) atoms. The molecule has 0 aromatic carbocycles. The SMILES string of the molecule is CC(C)(C(=O)O)c1cnc(C2CCC2)s1. The molecule has 1 aliphatic carbocycles. The average Bonchev–Trinajstić information content (AvgIpc) is 2.50. The minimum absolute atomic E-state index is 0.591. The lowest BCUT2D eigenvalue weighted by molar-refractivity contribution is -0.142. The Morgan fingerprint density at radius 1 is 1.60 bits per heavy atom. The maximum absolute atomic E-state index is 11.1. The zero-order chi connectivity index (χ0) is 11.1. The summed E-state index contributed by atoms with van der Waals surface area (Å²) in [5.41, 5.74) is -0.806. The van der Waals surface area contributed by atoms with E-state index in [1.54, 1.807) is 31.4 Å². The van der Waals surface area contributed by atoms with Crippen LogP contribution in [0.2, 0.25) is 0 Å². The molecule has 1 heterocycles. The van der Waals surface area contributed by atoms with Crippen molar-refractivity contribution in [3.8, 4) is 0 Å². The van der Waals surface area contributed by atoms with E-state index in [-0.39, 0.29) is 0 Å². The molecule has 1 fully saturated rings. The zero-order valence-corrected chi connectivity index (χ0v) is 9.80. The van der Waals surface area contributed by atoms with Gasteiger partial charge >= 0.3 is 5.97 Å². The van der Waals surface area contributed by atoms with E-state index in [0.717, 1.165) is 9.88 Å². The van der Waals surface area contributed by atoms with Gasteiger partial charge in [0.2, 0.25) is 0 Å². The molecular formula is C11H15NO2S. The van der Waals surface area contributed by atoms with Gasteiger partial charge in [-0.25, -0.2) is 4.98 Å². The molecule has 1 N–H and O–H groups in total. The highest BCUT2D eigenvalue weighted by Crippen LogP contribution is 2.40. The van der Waals surface area contributed by atoms with Crippen molar-refractivity contribution in [1.82, 2.24) is 4.98 Å². The van der Waals surface area contributed by atoms with Crippen LogP contribution in [0.5, 0.6) is 0 Å². The third kappa shape index (κ3) is 1.78. The van der Waals surface area contributed by atoms with Gasteiger partial charge in [0, 0.05) is 17.0 Å². The predicted octanol–water partition coefficient (Wildman–Crippen LogP) is 2.77. The summed E-state index contributed by atoms with van der Waals surface area (Å²) in [6, 6.07) is 0. The highest BCUT2D eigenvalue weighted by Gasteiger charge is 2.33. The number of carboxylic acids is 1. The van der Waals surface area contributed by atoms with Gasteiger partial charge in [0.1, 0.15) is 0 Å². The summed E-state index contributed by atoms with van der Waals surface area (Å²) < 4.78 is 0. The lowest BCUT2D eigenvalue weighted by atomic mass is 9.86. The van der Waals surface area contributed by atoms with Gasteiger partial charge < -0.3 is 5.11 Å². The molecule has 0 saturated heterocycles. The molecule has 1 aromatic rings. The summed E-state index contributed by atoms with van der Waals surface area (Å²) in [7, 11) is 0. The highest BCUT2D eigenvalue weighted by atomic mass is 32.1. The molecule has 0 amide bonds. The summed E-state index contributed by atoms with van der Waals surface area (Å²) in [4.78, 5) is 16.3. The number of aromatic nitrogens is 1. The van der Waals surface area contributed by atoms with Gasteiger partial charge in [0.25, 0.3) is 0 Å². The fraction of sp³-hybridized carbons (Fsp3) is 0.636. The molecule has 0 radical (unpaired) electrons. The van der Waals surface area contributed by atoms with Gasteiger partial charge in [-0.15, -0.1) is 11.3 Å². The quantitative estimate of drug-likeness (QED) is 0.860. The van der Waals surface area contributed by atoms with Crippen LogP contribution in [0.15, 0.2) is 6.20 Å². The van der Waals surface area contributed by atoms with Crippen LogP contribution in [-0.4, -0.2) is 16.1 Å². The van der Waals surface area contributed by atoms with E-state index in [9.17, 15) is 4.79 Å². The number of carboxylic acid groups (broad SMARTS) is 1. The maximum atomic E-state index is 11.1. The summed E-state index contributed by atoms with van der Waals surface area (Å²) in [6.07, 6.45) is 5.43. The van der Waals surface area contributed by atoms with Gasteiger partial charge in [0.15, 0.2) is 0 Å². The monoisotopic (exact) mass is 225 g/mol. The van der Waals surface area contributed by atoms with Crippen LogP contribution in [0.4, 0.5) is 0 Å². The van der Waals surface area contributed by atoms with Crippen LogP contribution in [0.25, 0.3) is 0 Å². The maximum Gasteiger partial charge on any atom is 0.314 e. The molecule has 0 unspecified atom stereocenters. The fourth-order valence-corrected chi connectivity index (χ4v) is 2.71. The first-order valence-corrected chi connectivity index (χ1v) is 6.03. The van der Waals surface area contributed by atoms with E-state index in [0.29, 0.717) is 5.92 Å². The van der Waals surface area contributed by atoms with Crippen LogP contribution in [-0.2, 0) is 10.2 Å². The number of hydrogen-bond acceptors (Lipinski definition) is 3. The molecule has 4 heteroatoms. The number of thiazole rings is 1. The Hall–Kier alpha value is -0.900. The normalized spacial score (nSPS) is 17.5. The van der Waals surface area contributed by atoms with Crippen LogP contribution < -0.4 is 0 Å². The van der Waals surface area contributed by atoms with Gasteiger partial charge in [-0.05, 0) is 26.7 Å². The standard InChI is InChI=1S/C11H15NO2S/c1-11(2,10(13)14)8-6-12-9(15-8)7-4-3-5-7/h6-7H,3-5H2,1-2H3,(H,13,14). The lowest BCUT2D eigenvalue weighted by Gasteiger charge is -2.22. The molecule has 82 valence electrons. The minimum atomic E-state index is -0.806. The predicted molar refractivity (Wildman–Crippen MR) is 59.4 cm³/mol. The van der Waals surface area contributed by atoms with Crippen molar-refractivity contribution in [3.63, 3.8) is 0 Å². The number of rotatable bonds is 3. The molecular weight excluding hydrogens is 210 g/mol. The Balaban J connectivity index is 2.22. The second-order valence-electron chi connectivity index (χ2n) is 4.62. The van der Waals surface area contributed by atoms with E-state index < -0.39 is 11.4 Å². The fourth-order valence-electron chi connectivity index (χ4n) is 1.53. The molecule has 3 nitrogen and oxygen atoms in total. The van der Waals surface area contributed by atoms with E-state index in [2.05, 4.69) is 4.98 Å². The Bertz CT molecular complexity index is 380. The Morgan fingerprint density at radius 3 is 2.73 bits per heavy atom. The molecule has 0 atom stereocenters. The number of carbonyl (C=O) groups is 1. The number of hydrogen-bond donors (Lipinski definition) is 1. The molecule has 1 aromatic heterocycles. The van der Waals surface area contributed by atoms with Crippen molar-refractivity contribution in [1.29, 1.82) is 0 Å². The van der Waals surface area contributed by atoms with Crippen molar-refractivity contribution in [2.45, 2.75) is 44.4 Å². The Kier molecular flexibility index (Phi) is 2.54. The van der Waals surface area contributed by atoms with E-state index >= 15 is 0 Å².